The molecule has 0 unspecified atom stereocenters. The number of hydrogen-bond acceptors (Lipinski definition) is 11. The number of aliphatic hydroxyl groups is 1. The van der Waals surface area contributed by atoms with E-state index in [4.69, 9.17) is 18.0 Å². The van der Waals surface area contributed by atoms with Gasteiger partial charge in [0.2, 0.25) is 12.6 Å². The number of fused-ring (bicyclic) bond motifs is 1. The summed E-state index contributed by atoms with van der Waals surface area (Å²) in [6.07, 6.45) is 4.61. The fourth-order valence-electron chi connectivity index (χ4n) is 11.9. The maximum Gasteiger partial charge on any atom is 0.367 e. The van der Waals surface area contributed by atoms with Crippen molar-refractivity contribution in [2.75, 3.05) is 72.1 Å². The number of carbonyl (C=O) groups is 1. The Kier molecular flexibility index (Phi) is 17.4. The monoisotopic (exact) mass is 1110 g/mol. The zero-order valence-electron chi connectivity index (χ0n) is 46.6. The summed E-state index contributed by atoms with van der Waals surface area (Å²) in [5, 5.41) is 23.3. The lowest BCUT2D eigenvalue weighted by molar-refractivity contribution is -0.546. The van der Waals surface area contributed by atoms with Crippen LogP contribution in [0.25, 0.3) is 0 Å². The molecule has 9 rings (SSSR count). The molecule has 1 saturated heterocycles. The van der Waals surface area contributed by atoms with Gasteiger partial charge in [0.25, 0.3) is 32.7 Å². The van der Waals surface area contributed by atoms with Crippen molar-refractivity contribution in [3.63, 3.8) is 0 Å². The van der Waals surface area contributed by atoms with Crippen molar-refractivity contribution in [1.29, 1.82) is 0 Å². The number of nitrogens with zero attached hydrogens (tertiary/aromatic N) is 5. The van der Waals surface area contributed by atoms with Crippen LogP contribution in [-0.2, 0) is 29.8 Å². The second-order valence-electron chi connectivity index (χ2n) is 23.2. The molecule has 1 fully saturated rings. The van der Waals surface area contributed by atoms with Gasteiger partial charge >= 0.3 is 11.9 Å². The number of hydrogen-bond donors (Lipinski definition) is 4. The molecule has 0 saturated carbocycles. The Morgan fingerprint density at radius 2 is 1.26 bits per heavy atom. The van der Waals surface area contributed by atoms with E-state index in [1.54, 1.807) is 18.2 Å². The second-order valence-corrected chi connectivity index (χ2v) is 33.5. The molecule has 4 heterocycles. The highest BCUT2D eigenvalue weighted by atomic mass is 32.2. The first-order valence-electron chi connectivity index (χ1n) is 27.6. The molecular weight excluding hydrogens is 1030 g/mol. The molecule has 2 atom stereocenters. The molecule has 414 valence electrons. The average Bonchev–Trinajstić information content (AvgIpc) is 3.62. The Morgan fingerprint density at radius 3 is 1.81 bits per heavy atom. The predicted octanol–water partition coefficient (Wildman–Crippen LogP) is 3.92. The Hall–Kier alpha value is -6.16. The molecule has 0 aromatic heterocycles. The van der Waals surface area contributed by atoms with E-state index in [1.165, 1.54) is 20.7 Å². The molecule has 18 heteroatoms. The Morgan fingerprint density at radius 1 is 0.718 bits per heavy atom. The number of guanidine groups is 2. The van der Waals surface area contributed by atoms with Crippen molar-refractivity contribution in [2.24, 2.45) is 4.99 Å². The molecule has 5 aromatic rings. The molecule has 4 N–H and O–H groups in total. The average molecular weight is 1110 g/mol. The number of carbonyl (C=O) groups excluding carboxylic acids is 1. The topological polar surface area (TPSA) is 162 Å². The number of amides is 1. The summed E-state index contributed by atoms with van der Waals surface area (Å²) in [4.78, 5) is 29.4. The smallest absolute Gasteiger partial charge is 0.367 e. The first-order valence-corrected chi connectivity index (χ1v) is 33.3. The van der Waals surface area contributed by atoms with E-state index in [0.717, 1.165) is 83.1 Å². The predicted molar refractivity (Wildman–Crippen MR) is 315 cm³/mol. The zero-order valence-corrected chi connectivity index (χ0v) is 49.4. The van der Waals surface area contributed by atoms with Crippen LogP contribution < -0.4 is 36.4 Å². The first-order chi connectivity index (χ1) is 37.3. The molecule has 4 aliphatic heterocycles. The molecule has 4 aliphatic rings. The van der Waals surface area contributed by atoms with Gasteiger partial charge in [0.1, 0.15) is 6.67 Å². The highest BCUT2D eigenvalue weighted by Gasteiger charge is 2.52. The summed E-state index contributed by atoms with van der Waals surface area (Å²) in [5.74, 6) is 1.29. The van der Waals surface area contributed by atoms with Gasteiger partial charge in [-0.3, -0.25) is 23.8 Å². The lowest BCUT2D eigenvalue weighted by Gasteiger charge is -2.45. The Labute approximate surface area is 464 Å². The van der Waals surface area contributed by atoms with Crippen molar-refractivity contribution in [2.45, 2.75) is 96.0 Å². The van der Waals surface area contributed by atoms with Gasteiger partial charge in [0, 0.05) is 38.0 Å². The van der Waals surface area contributed by atoms with Gasteiger partial charge in [-0.2, -0.15) is 13.4 Å². The molecule has 5 aromatic carbocycles. The molecule has 0 bridgehead atoms. The van der Waals surface area contributed by atoms with E-state index in [1.807, 2.05) is 0 Å². The maximum absolute atomic E-state index is 14.2. The van der Waals surface area contributed by atoms with Gasteiger partial charge in [0.05, 0.1) is 63.4 Å². The third kappa shape index (κ3) is 12.6. The van der Waals surface area contributed by atoms with Crippen LogP contribution in [0.1, 0.15) is 88.7 Å². The maximum atomic E-state index is 14.2. The molecule has 15 nitrogen and oxygen atoms in total. The quantitative estimate of drug-likeness (QED) is 0.0312. The third-order valence-electron chi connectivity index (χ3n) is 15.7. The van der Waals surface area contributed by atoms with Gasteiger partial charge in [-0.1, -0.05) is 163 Å². The van der Waals surface area contributed by atoms with E-state index in [-0.39, 0.29) is 59.5 Å². The first kappa shape index (κ1) is 56.6. The standard InChI is InChI=1S/C60H78N8O7SSi2/c1-59(2,3)77(51-22-12-8-13-23-51,52-24-14-9-15-25-52)74-42-49-30-36-65-32-20-34-67(57(65)63-49)44-61-55(69)47-38-46(41-73-76(7,71)72)39-48(40-47)56(70)62-45-68-35-21-33-66-37-31-50(64-58(66)68)43-75-78(60(4,5)6,53-26-16-10-17-27-53)54-28-18-11-19-29-54/h8-19,22-29,38-40,49-50H,20-21,30-37,41-45H2,1-7H3,(H2,61,62,69,70)/p+2/t49-,50-/m0/s1. The molecular formula is C60H80N8O7SSi2+2. The van der Waals surface area contributed by atoms with Gasteiger partial charge in [0.15, 0.2) is 0 Å². The summed E-state index contributed by atoms with van der Waals surface area (Å²) in [5.41, 5.74) is 0.990. The van der Waals surface area contributed by atoms with Crippen LogP contribution in [0.15, 0.2) is 145 Å². The highest BCUT2D eigenvalue weighted by Crippen LogP contribution is 2.38. The lowest BCUT2D eigenvalue weighted by atomic mass is 10.1. The SMILES string of the molecule is CC(C)(C)[Si](OC[C@@H]1CCN2CCCN(C[NH+]=C(O)c3cc(COS(C)(=O)=O)cc(C(=O)NCN4CCC[N+]5=C4N[C@H](CO[Si](c4ccccc4)(c4ccccc4)C(C)(C)C)CC5)c3)C2=N1)(c1ccccc1)c1ccccc1. The van der Waals surface area contributed by atoms with Crippen LogP contribution in [0.3, 0.4) is 0 Å². The van der Waals surface area contributed by atoms with Crippen molar-refractivity contribution in [1.82, 2.24) is 25.3 Å². The summed E-state index contributed by atoms with van der Waals surface area (Å²) < 4.78 is 46.6. The van der Waals surface area contributed by atoms with Gasteiger partial charge in [-0.25, -0.2) is 9.89 Å². The molecule has 0 aliphatic carbocycles. The summed E-state index contributed by atoms with van der Waals surface area (Å²) in [6.45, 7) is 19.8. The van der Waals surface area contributed by atoms with Gasteiger partial charge < -0.3 is 24.2 Å². The van der Waals surface area contributed by atoms with Crippen LogP contribution in [0.4, 0.5) is 0 Å². The van der Waals surface area contributed by atoms with E-state index in [9.17, 15) is 18.3 Å². The lowest BCUT2D eigenvalue weighted by Crippen LogP contribution is -2.79. The fraction of sp³-hybridized carbons (Fsp3) is 0.433. The fourth-order valence-corrected chi connectivity index (χ4v) is 21.4. The van der Waals surface area contributed by atoms with Crippen molar-refractivity contribution < 1.29 is 40.9 Å². The van der Waals surface area contributed by atoms with Crippen LogP contribution in [0.2, 0.25) is 10.1 Å². The third-order valence-corrected chi connectivity index (χ3v) is 26.2. The van der Waals surface area contributed by atoms with Crippen molar-refractivity contribution in [3.05, 3.63) is 156 Å². The molecule has 78 heavy (non-hydrogen) atoms. The Bertz CT molecular complexity index is 2990. The molecule has 1 amide bonds. The number of nitrogens with one attached hydrogen (secondary N) is 3. The number of benzene rings is 5. The van der Waals surface area contributed by atoms with E-state index in [0.29, 0.717) is 24.3 Å². The summed E-state index contributed by atoms with van der Waals surface area (Å²) >= 11 is 0. The highest BCUT2D eigenvalue weighted by molar-refractivity contribution is 7.85. The summed E-state index contributed by atoms with van der Waals surface area (Å²) in [7, 11) is -9.35. The van der Waals surface area contributed by atoms with Crippen LogP contribution in [0.5, 0.6) is 0 Å². The van der Waals surface area contributed by atoms with Crippen LogP contribution in [-0.4, -0.2) is 157 Å². The van der Waals surface area contributed by atoms with E-state index in [2.05, 4.69) is 198 Å². The minimum absolute atomic E-state index is 0.0445. The van der Waals surface area contributed by atoms with Crippen molar-refractivity contribution >= 4 is 71.2 Å². The van der Waals surface area contributed by atoms with Crippen LogP contribution >= 0.6 is 0 Å². The summed E-state index contributed by atoms with van der Waals surface area (Å²) in [6, 6.07) is 47.6. The largest absolute Gasteiger partial charge is 0.460 e. The minimum atomic E-state index is -3.81. The van der Waals surface area contributed by atoms with Gasteiger partial charge in [-0.15, -0.1) is 0 Å². The second kappa shape index (κ2) is 24.1. The number of rotatable bonds is 19. The number of aliphatic hydroxyl groups excluding tert-OH is 1. The molecule has 0 spiro atoms. The minimum Gasteiger partial charge on any atom is -0.460 e. The van der Waals surface area contributed by atoms with Crippen molar-refractivity contribution in [3.8, 4) is 0 Å². The van der Waals surface area contributed by atoms with E-state index < -0.39 is 26.8 Å². The Balaban J connectivity index is 0.895. The molecule has 0 radical (unpaired) electrons. The van der Waals surface area contributed by atoms with Crippen LogP contribution in [0, 0.1) is 0 Å². The zero-order chi connectivity index (χ0) is 55.1. The van der Waals surface area contributed by atoms with E-state index >= 15 is 0 Å². The van der Waals surface area contributed by atoms with Gasteiger partial charge in [-0.05, 0) is 67.4 Å². The normalized spacial score (nSPS) is 18.7. The number of aliphatic imine (C=N–C) groups is 1.